The number of para-hydroxylation sites is 1. The van der Waals surface area contributed by atoms with Gasteiger partial charge in [-0.2, -0.15) is 0 Å². The second kappa shape index (κ2) is 14.6. The molecule has 0 radical (unpaired) electrons. The van der Waals surface area contributed by atoms with Crippen molar-refractivity contribution in [3.8, 4) is 5.75 Å². The fourth-order valence-electron chi connectivity index (χ4n) is 4.79. The highest BCUT2D eigenvalue weighted by atomic mass is 35.5. The van der Waals surface area contributed by atoms with E-state index >= 15 is 0 Å². The van der Waals surface area contributed by atoms with Gasteiger partial charge in [0.25, 0.3) is 0 Å². The summed E-state index contributed by atoms with van der Waals surface area (Å²) in [6.07, 6.45) is 9.30. The smallest absolute Gasteiger partial charge is 0.326 e. The van der Waals surface area contributed by atoms with Gasteiger partial charge in [-0.3, -0.25) is 9.59 Å². The number of amides is 2. The fourth-order valence-corrected chi connectivity index (χ4v) is 5.96. The Morgan fingerprint density at radius 2 is 1.90 bits per heavy atom. The zero-order chi connectivity index (χ0) is 30.2. The van der Waals surface area contributed by atoms with Crippen LogP contribution in [0.2, 0.25) is 10.0 Å². The topological polar surface area (TPSA) is 114 Å². The molecule has 0 spiro atoms. The number of ether oxygens (including phenoxy) is 1. The number of aliphatic carboxylic acids is 1. The van der Waals surface area contributed by atoms with Gasteiger partial charge in [0, 0.05) is 48.2 Å². The fraction of sp³-hybridized carbons (Fsp3) is 0.333. The van der Waals surface area contributed by atoms with Crippen LogP contribution in [0, 0.1) is 5.92 Å². The van der Waals surface area contributed by atoms with Crippen LogP contribution >= 0.6 is 35.0 Å². The van der Waals surface area contributed by atoms with Crippen molar-refractivity contribution in [2.75, 3.05) is 26.5 Å². The van der Waals surface area contributed by atoms with Crippen molar-refractivity contribution in [3.63, 3.8) is 0 Å². The van der Waals surface area contributed by atoms with E-state index in [0.29, 0.717) is 53.8 Å². The average molecular weight is 632 g/mol. The molecule has 1 atom stereocenters. The van der Waals surface area contributed by atoms with Crippen molar-refractivity contribution >= 4 is 58.8 Å². The highest BCUT2D eigenvalue weighted by Crippen LogP contribution is 2.35. The molecule has 2 amide bonds. The maximum absolute atomic E-state index is 13.0. The Balaban J connectivity index is 1.29. The summed E-state index contributed by atoms with van der Waals surface area (Å²) in [4.78, 5) is 44.5. The Labute approximate surface area is 258 Å². The van der Waals surface area contributed by atoms with Crippen LogP contribution in [-0.4, -0.2) is 69.8 Å². The molecule has 222 valence electrons. The Morgan fingerprint density at radius 3 is 2.60 bits per heavy atom. The lowest BCUT2D eigenvalue weighted by atomic mass is 9.95. The molecule has 1 aromatic heterocycles. The molecule has 12 heteroatoms. The summed E-state index contributed by atoms with van der Waals surface area (Å²) in [7, 11) is 1.61. The minimum Gasteiger partial charge on any atom is -0.496 e. The molecule has 3 aromatic rings. The minimum absolute atomic E-state index is 0.0482. The van der Waals surface area contributed by atoms with Gasteiger partial charge >= 0.3 is 5.97 Å². The van der Waals surface area contributed by atoms with E-state index in [2.05, 4.69) is 10.3 Å². The summed E-state index contributed by atoms with van der Waals surface area (Å²) in [6, 6.07) is 10.2. The molecular weight excluding hydrogens is 599 g/mol. The highest BCUT2D eigenvalue weighted by molar-refractivity contribution is 7.98. The molecule has 9 nitrogen and oxygen atoms in total. The van der Waals surface area contributed by atoms with Crippen molar-refractivity contribution in [2.45, 2.75) is 36.7 Å². The Hall–Kier alpha value is -3.47. The lowest BCUT2D eigenvalue weighted by Gasteiger charge is -2.31. The highest BCUT2D eigenvalue weighted by Gasteiger charge is 2.30. The molecule has 42 heavy (non-hydrogen) atoms. The van der Waals surface area contributed by atoms with Crippen molar-refractivity contribution in [2.24, 2.45) is 5.92 Å². The molecule has 2 aromatic carbocycles. The molecule has 1 aliphatic heterocycles. The van der Waals surface area contributed by atoms with E-state index in [1.165, 1.54) is 17.8 Å². The Morgan fingerprint density at radius 1 is 1.17 bits per heavy atom. The Bertz CT molecular complexity index is 1470. The monoisotopic (exact) mass is 630 g/mol. The number of hydrogen-bond donors (Lipinski definition) is 2. The third-order valence-corrected chi connectivity index (χ3v) is 8.93. The molecule has 1 saturated heterocycles. The number of imidazole rings is 1. The van der Waals surface area contributed by atoms with Crippen LogP contribution in [0.4, 0.5) is 0 Å². The predicted molar refractivity (Wildman–Crippen MR) is 164 cm³/mol. The van der Waals surface area contributed by atoms with Crippen LogP contribution in [0.15, 0.2) is 59.9 Å². The number of hydrogen-bond acceptors (Lipinski definition) is 6. The first-order valence-corrected chi connectivity index (χ1v) is 15.3. The standard InChI is InChI=1S/C30H32Cl2N4O5S/c1-41-24-6-4-3-5-21(24)16-35-17-22(33-18-35)15-23(30(39)40)34-29(38)20-11-13-36(14-12-20)26(37)10-8-19-7-9-25(42-2)28(32)27(19)31/h3-10,17-18,20,23H,11-16H2,1-2H3,(H,34,38)(H,39,40). The summed E-state index contributed by atoms with van der Waals surface area (Å²) < 4.78 is 7.24. The van der Waals surface area contributed by atoms with E-state index in [1.54, 1.807) is 30.6 Å². The number of thioether (sulfide) groups is 1. The quantitative estimate of drug-likeness (QED) is 0.225. The molecule has 0 saturated carbocycles. The number of carbonyl (C=O) groups excluding carboxylic acids is 2. The van der Waals surface area contributed by atoms with Gasteiger partial charge in [0.2, 0.25) is 11.8 Å². The van der Waals surface area contributed by atoms with Crippen molar-refractivity contribution in [1.82, 2.24) is 19.8 Å². The molecule has 4 rings (SSSR count). The van der Waals surface area contributed by atoms with Gasteiger partial charge in [-0.1, -0.05) is 47.5 Å². The summed E-state index contributed by atoms with van der Waals surface area (Å²) in [5.74, 6) is -1.31. The molecule has 2 N–H and O–H groups in total. The number of carbonyl (C=O) groups is 3. The molecular formula is C30H32Cl2N4O5S. The minimum atomic E-state index is -1.13. The maximum Gasteiger partial charge on any atom is 0.326 e. The first kappa shape index (κ1) is 31.5. The number of halogens is 2. The number of carboxylic acid groups (broad SMARTS) is 1. The van der Waals surface area contributed by atoms with E-state index < -0.39 is 17.9 Å². The van der Waals surface area contributed by atoms with Gasteiger partial charge in [0.15, 0.2) is 0 Å². The third-order valence-electron chi connectivity index (χ3n) is 7.14. The normalized spacial score (nSPS) is 14.6. The van der Waals surface area contributed by atoms with Crippen molar-refractivity contribution in [1.29, 1.82) is 0 Å². The van der Waals surface area contributed by atoms with Gasteiger partial charge < -0.3 is 24.6 Å². The molecule has 0 bridgehead atoms. The number of rotatable bonds is 11. The van der Waals surface area contributed by atoms with Gasteiger partial charge in [-0.25, -0.2) is 9.78 Å². The number of nitrogens with zero attached hydrogens (tertiary/aromatic N) is 3. The first-order chi connectivity index (χ1) is 20.2. The van der Waals surface area contributed by atoms with Gasteiger partial charge in [-0.05, 0) is 42.9 Å². The van der Waals surface area contributed by atoms with Gasteiger partial charge in [0.05, 0.1) is 35.7 Å². The van der Waals surface area contributed by atoms with E-state index in [4.69, 9.17) is 27.9 Å². The van der Waals surface area contributed by atoms with Crippen LogP contribution in [-0.2, 0) is 27.3 Å². The summed E-state index contributed by atoms with van der Waals surface area (Å²) in [6.45, 7) is 1.27. The molecule has 1 fully saturated rings. The van der Waals surface area contributed by atoms with Crippen LogP contribution in [0.3, 0.4) is 0 Å². The molecule has 1 aliphatic rings. The summed E-state index contributed by atoms with van der Waals surface area (Å²) >= 11 is 14.1. The van der Waals surface area contributed by atoms with E-state index in [9.17, 15) is 19.5 Å². The lowest BCUT2D eigenvalue weighted by molar-refractivity contribution is -0.142. The third kappa shape index (κ3) is 7.87. The second-order valence-electron chi connectivity index (χ2n) is 9.87. The van der Waals surface area contributed by atoms with Crippen molar-refractivity contribution < 1.29 is 24.2 Å². The van der Waals surface area contributed by atoms with Gasteiger partial charge in [0.1, 0.15) is 11.8 Å². The second-order valence-corrected chi connectivity index (χ2v) is 11.5. The van der Waals surface area contributed by atoms with Crippen LogP contribution in [0.1, 0.15) is 29.7 Å². The van der Waals surface area contributed by atoms with Crippen LogP contribution < -0.4 is 10.1 Å². The average Bonchev–Trinajstić information content (AvgIpc) is 3.44. The zero-order valence-corrected chi connectivity index (χ0v) is 25.6. The predicted octanol–water partition coefficient (Wildman–Crippen LogP) is 5.03. The number of carboxylic acids is 1. The summed E-state index contributed by atoms with van der Waals surface area (Å²) in [5.41, 5.74) is 2.16. The van der Waals surface area contributed by atoms with E-state index in [-0.39, 0.29) is 18.2 Å². The molecule has 2 heterocycles. The van der Waals surface area contributed by atoms with Gasteiger partial charge in [-0.15, -0.1) is 11.8 Å². The zero-order valence-electron chi connectivity index (χ0n) is 23.3. The van der Waals surface area contributed by atoms with Crippen molar-refractivity contribution in [3.05, 3.63) is 81.9 Å². The maximum atomic E-state index is 13.0. The SMILES string of the molecule is COc1ccccc1Cn1cnc(CC(NC(=O)C2CCN(C(=O)C=Cc3ccc(SC)c(Cl)c3Cl)CC2)C(=O)O)c1. The van der Waals surface area contributed by atoms with E-state index in [1.807, 2.05) is 47.2 Å². The molecule has 0 aliphatic carbocycles. The first-order valence-electron chi connectivity index (χ1n) is 13.3. The summed E-state index contributed by atoms with van der Waals surface area (Å²) in [5, 5.41) is 13.3. The molecule has 1 unspecified atom stereocenters. The lowest BCUT2D eigenvalue weighted by Crippen LogP contribution is -2.48. The number of methoxy groups -OCH3 is 1. The number of likely N-dealkylation sites (tertiary alicyclic amines) is 1. The number of nitrogens with one attached hydrogen (secondary N) is 1. The number of aromatic nitrogens is 2. The number of benzene rings is 2. The van der Waals surface area contributed by atoms with Crippen LogP contribution in [0.5, 0.6) is 5.75 Å². The Kier molecular flexibility index (Phi) is 11.0. The van der Waals surface area contributed by atoms with Crippen LogP contribution in [0.25, 0.3) is 6.08 Å². The largest absolute Gasteiger partial charge is 0.496 e. The van der Waals surface area contributed by atoms with E-state index in [0.717, 1.165) is 16.2 Å². The number of piperidine rings is 1.